The number of rotatable bonds is 6. The molecule has 3 aromatic rings. The molecule has 2 aromatic carbocycles. The molecule has 0 unspecified atom stereocenters. The number of amides is 1. The predicted octanol–water partition coefficient (Wildman–Crippen LogP) is 2.94. The molecule has 1 amide bonds. The minimum atomic E-state index is -0.594. The van der Waals surface area contributed by atoms with Crippen LogP contribution in [0.25, 0.3) is 11.3 Å². The van der Waals surface area contributed by atoms with Gasteiger partial charge in [-0.25, -0.2) is 0 Å². The van der Waals surface area contributed by atoms with E-state index in [9.17, 15) is 9.90 Å². The first-order chi connectivity index (χ1) is 12.2. The summed E-state index contributed by atoms with van der Waals surface area (Å²) in [5.74, 6) is -0.188. The maximum absolute atomic E-state index is 12.5. The Hall–Kier alpha value is -2.92. The van der Waals surface area contributed by atoms with Crippen LogP contribution in [0.15, 0.2) is 66.9 Å². The quantitative estimate of drug-likeness (QED) is 0.728. The molecule has 5 heteroatoms. The lowest BCUT2D eigenvalue weighted by molar-refractivity contribution is 0.0943. The number of carbonyl (C=O) groups is 1. The van der Waals surface area contributed by atoms with E-state index in [1.165, 1.54) is 0 Å². The highest BCUT2D eigenvalue weighted by Crippen LogP contribution is 2.23. The maximum Gasteiger partial charge on any atom is 0.255 e. The topological polar surface area (TPSA) is 67.2 Å². The third-order valence-electron chi connectivity index (χ3n) is 4.12. The Morgan fingerprint density at radius 3 is 2.44 bits per heavy atom. The van der Waals surface area contributed by atoms with Crippen LogP contribution in [-0.4, -0.2) is 27.3 Å². The lowest BCUT2D eigenvalue weighted by Crippen LogP contribution is -2.26. The summed E-state index contributed by atoms with van der Waals surface area (Å²) in [6.45, 7) is 0.387. The van der Waals surface area contributed by atoms with Crippen LogP contribution < -0.4 is 5.32 Å². The van der Waals surface area contributed by atoms with Crippen LogP contribution in [0.2, 0.25) is 0 Å². The van der Waals surface area contributed by atoms with E-state index in [1.54, 1.807) is 10.9 Å². The third kappa shape index (κ3) is 3.95. The van der Waals surface area contributed by atoms with Crippen molar-refractivity contribution in [2.45, 2.75) is 12.5 Å². The van der Waals surface area contributed by atoms with Gasteiger partial charge in [-0.1, -0.05) is 60.7 Å². The highest BCUT2D eigenvalue weighted by Gasteiger charge is 2.17. The normalized spacial score (nSPS) is 11.9. The number of nitrogens with zero attached hydrogens (tertiary/aromatic N) is 2. The van der Waals surface area contributed by atoms with Gasteiger partial charge in [0, 0.05) is 19.2 Å². The average molecular weight is 335 g/mol. The summed E-state index contributed by atoms with van der Waals surface area (Å²) in [7, 11) is 1.82. The molecule has 1 heterocycles. The van der Waals surface area contributed by atoms with Gasteiger partial charge in [0.05, 0.1) is 23.6 Å². The Balaban J connectivity index is 1.65. The smallest absolute Gasteiger partial charge is 0.255 e. The van der Waals surface area contributed by atoms with Crippen molar-refractivity contribution in [3.8, 4) is 11.3 Å². The Labute approximate surface area is 146 Å². The van der Waals surface area contributed by atoms with E-state index in [4.69, 9.17) is 0 Å². The van der Waals surface area contributed by atoms with Gasteiger partial charge in [-0.2, -0.15) is 5.10 Å². The van der Waals surface area contributed by atoms with Gasteiger partial charge in [-0.05, 0) is 12.0 Å². The molecule has 2 N–H and O–H groups in total. The van der Waals surface area contributed by atoms with Gasteiger partial charge >= 0.3 is 0 Å². The van der Waals surface area contributed by atoms with Gasteiger partial charge in [0.15, 0.2) is 0 Å². The Morgan fingerprint density at radius 2 is 1.76 bits per heavy atom. The molecule has 0 aliphatic carbocycles. The van der Waals surface area contributed by atoms with E-state index in [2.05, 4.69) is 10.4 Å². The molecule has 0 bridgehead atoms. The number of carbonyl (C=O) groups excluding carboxylic acids is 1. The van der Waals surface area contributed by atoms with Crippen molar-refractivity contribution in [3.05, 3.63) is 78.0 Å². The van der Waals surface area contributed by atoms with Crippen LogP contribution in [0.3, 0.4) is 0 Å². The van der Waals surface area contributed by atoms with E-state index in [1.807, 2.05) is 67.7 Å². The van der Waals surface area contributed by atoms with Crippen molar-refractivity contribution >= 4 is 5.91 Å². The average Bonchev–Trinajstić information content (AvgIpc) is 3.04. The van der Waals surface area contributed by atoms with Crippen molar-refractivity contribution in [2.24, 2.45) is 7.05 Å². The number of hydrogen-bond acceptors (Lipinski definition) is 3. The Bertz CT molecular complexity index is 829. The molecule has 0 saturated heterocycles. The molecule has 1 aromatic heterocycles. The van der Waals surface area contributed by atoms with Gasteiger partial charge in [-0.15, -0.1) is 0 Å². The molecule has 3 rings (SSSR count). The molecule has 0 aliphatic heterocycles. The Morgan fingerprint density at radius 1 is 1.12 bits per heavy atom. The van der Waals surface area contributed by atoms with Gasteiger partial charge in [0.2, 0.25) is 0 Å². The second-order valence-corrected chi connectivity index (χ2v) is 5.87. The number of aromatic nitrogens is 2. The summed E-state index contributed by atoms with van der Waals surface area (Å²) >= 11 is 0. The van der Waals surface area contributed by atoms with Crippen LogP contribution in [0.5, 0.6) is 0 Å². The van der Waals surface area contributed by atoms with Crippen molar-refractivity contribution in [1.82, 2.24) is 15.1 Å². The molecule has 0 spiro atoms. The number of aliphatic hydroxyl groups is 1. The van der Waals surface area contributed by atoms with Crippen molar-refractivity contribution in [1.29, 1.82) is 0 Å². The molecule has 5 nitrogen and oxygen atoms in total. The molecule has 0 fully saturated rings. The number of nitrogens with one attached hydrogen (secondary N) is 1. The maximum atomic E-state index is 12.5. The van der Waals surface area contributed by atoms with E-state index in [-0.39, 0.29) is 5.91 Å². The van der Waals surface area contributed by atoms with Crippen molar-refractivity contribution in [3.63, 3.8) is 0 Å². The summed E-state index contributed by atoms with van der Waals surface area (Å²) in [6.07, 6.45) is 1.44. The fourth-order valence-corrected chi connectivity index (χ4v) is 2.80. The first kappa shape index (κ1) is 16.9. The van der Waals surface area contributed by atoms with Gasteiger partial charge in [0.25, 0.3) is 5.91 Å². The van der Waals surface area contributed by atoms with Crippen molar-refractivity contribution in [2.75, 3.05) is 6.54 Å². The lowest BCUT2D eigenvalue weighted by atomic mass is 10.1. The zero-order chi connectivity index (χ0) is 17.6. The highest BCUT2D eigenvalue weighted by atomic mass is 16.3. The molecular weight excluding hydrogens is 314 g/mol. The number of aliphatic hydroxyl groups excluding tert-OH is 1. The molecule has 25 heavy (non-hydrogen) atoms. The number of hydrogen-bond donors (Lipinski definition) is 2. The zero-order valence-electron chi connectivity index (χ0n) is 14.1. The first-order valence-electron chi connectivity index (χ1n) is 8.25. The highest BCUT2D eigenvalue weighted by molar-refractivity contribution is 5.99. The van der Waals surface area contributed by atoms with Gasteiger partial charge < -0.3 is 10.4 Å². The SMILES string of the molecule is Cn1ncc(C(=O)NCC[C@@H](O)c2ccccc2)c1-c1ccccc1. The summed E-state index contributed by atoms with van der Waals surface area (Å²) in [6, 6.07) is 19.1. The van der Waals surface area contributed by atoms with E-state index in [0.717, 1.165) is 16.8 Å². The van der Waals surface area contributed by atoms with Crippen LogP contribution in [0.1, 0.15) is 28.4 Å². The standard InChI is InChI=1S/C20H21N3O2/c1-23-19(16-10-6-3-7-11-16)17(14-22-23)20(25)21-13-12-18(24)15-8-4-2-5-9-15/h2-11,14,18,24H,12-13H2,1H3,(H,21,25)/t18-/m1/s1. The van der Waals surface area contributed by atoms with E-state index >= 15 is 0 Å². The zero-order valence-corrected chi connectivity index (χ0v) is 14.1. The predicted molar refractivity (Wildman–Crippen MR) is 97.0 cm³/mol. The summed E-state index contributed by atoms with van der Waals surface area (Å²) in [5.41, 5.74) is 3.10. The molecule has 1 atom stereocenters. The second-order valence-electron chi connectivity index (χ2n) is 5.87. The summed E-state index contributed by atoms with van der Waals surface area (Å²) in [4.78, 5) is 12.5. The number of benzene rings is 2. The fraction of sp³-hybridized carbons (Fsp3) is 0.200. The minimum Gasteiger partial charge on any atom is -0.388 e. The third-order valence-corrected chi connectivity index (χ3v) is 4.12. The fourth-order valence-electron chi connectivity index (χ4n) is 2.80. The first-order valence-corrected chi connectivity index (χ1v) is 8.25. The summed E-state index contributed by atoms with van der Waals surface area (Å²) in [5, 5.41) is 17.3. The van der Waals surface area contributed by atoms with Gasteiger partial charge in [0.1, 0.15) is 0 Å². The molecule has 0 aliphatic rings. The minimum absolute atomic E-state index is 0.188. The van der Waals surface area contributed by atoms with Crippen LogP contribution in [0.4, 0.5) is 0 Å². The van der Waals surface area contributed by atoms with E-state index < -0.39 is 6.10 Å². The second kappa shape index (κ2) is 7.77. The molecule has 0 saturated carbocycles. The Kier molecular flexibility index (Phi) is 5.26. The largest absolute Gasteiger partial charge is 0.388 e. The van der Waals surface area contributed by atoms with Gasteiger partial charge in [-0.3, -0.25) is 9.48 Å². The van der Waals surface area contributed by atoms with Crippen LogP contribution in [-0.2, 0) is 7.05 Å². The van der Waals surface area contributed by atoms with E-state index in [0.29, 0.717) is 18.5 Å². The van der Waals surface area contributed by atoms with Crippen molar-refractivity contribution < 1.29 is 9.90 Å². The van der Waals surface area contributed by atoms with Crippen LogP contribution in [0, 0.1) is 0 Å². The lowest BCUT2D eigenvalue weighted by Gasteiger charge is -2.12. The van der Waals surface area contributed by atoms with Crippen LogP contribution >= 0.6 is 0 Å². The molecule has 0 radical (unpaired) electrons. The monoisotopic (exact) mass is 335 g/mol. The number of aryl methyl sites for hydroxylation is 1. The molecular formula is C20H21N3O2. The molecule has 128 valence electrons. The summed E-state index contributed by atoms with van der Waals surface area (Å²) < 4.78 is 1.70.